The van der Waals surface area contributed by atoms with Gasteiger partial charge in [0.15, 0.2) is 5.15 Å². The molecule has 1 aromatic carbocycles. The number of pyridine rings is 1. The molecule has 0 aliphatic carbocycles. The molecule has 0 aliphatic rings. The van der Waals surface area contributed by atoms with Gasteiger partial charge >= 0.3 is 0 Å². The number of likely N-dealkylation sites (N-methyl/N-ethyl adjacent to an activating group) is 1. The molecule has 122 valence electrons. The predicted molar refractivity (Wildman–Crippen MR) is 94.9 cm³/mol. The zero-order chi connectivity index (χ0) is 16.8. The molecular formula is C16H17BrClN3O2. The number of rotatable bonds is 6. The molecule has 23 heavy (non-hydrogen) atoms. The lowest BCUT2D eigenvalue weighted by molar-refractivity contribution is -0.117. The van der Waals surface area contributed by atoms with Gasteiger partial charge < -0.3 is 10.1 Å². The molecule has 1 N–H and O–H groups in total. The summed E-state index contributed by atoms with van der Waals surface area (Å²) in [6, 6.07) is 9.22. The van der Waals surface area contributed by atoms with Crippen molar-refractivity contribution in [2.75, 3.05) is 26.0 Å². The summed E-state index contributed by atoms with van der Waals surface area (Å²) in [5.74, 6) is 0.632. The number of anilines is 1. The van der Waals surface area contributed by atoms with Crippen LogP contribution < -0.4 is 10.1 Å². The van der Waals surface area contributed by atoms with E-state index in [0.29, 0.717) is 12.2 Å². The van der Waals surface area contributed by atoms with Gasteiger partial charge in [-0.3, -0.25) is 9.69 Å². The first-order chi connectivity index (χ1) is 11.0. The van der Waals surface area contributed by atoms with E-state index in [2.05, 4.69) is 26.2 Å². The number of carbonyl (C=O) groups excluding carboxylic acids is 1. The van der Waals surface area contributed by atoms with E-state index in [0.717, 1.165) is 15.8 Å². The van der Waals surface area contributed by atoms with Crippen LogP contribution >= 0.6 is 27.5 Å². The minimum Gasteiger partial charge on any atom is -0.496 e. The average Bonchev–Trinajstić information content (AvgIpc) is 2.49. The number of methoxy groups -OCH3 is 1. The van der Waals surface area contributed by atoms with Gasteiger partial charge in [0.25, 0.3) is 0 Å². The summed E-state index contributed by atoms with van der Waals surface area (Å²) in [6.45, 7) is 0.803. The van der Waals surface area contributed by atoms with Gasteiger partial charge in [-0.05, 0) is 37.4 Å². The molecule has 5 nitrogen and oxygen atoms in total. The minimum absolute atomic E-state index is 0.156. The Kier molecular flexibility index (Phi) is 6.38. The highest BCUT2D eigenvalue weighted by Crippen LogP contribution is 2.24. The van der Waals surface area contributed by atoms with Crippen LogP contribution in [0.1, 0.15) is 5.56 Å². The highest BCUT2D eigenvalue weighted by atomic mass is 79.9. The number of ether oxygens (including phenoxy) is 1. The van der Waals surface area contributed by atoms with Crippen molar-refractivity contribution < 1.29 is 9.53 Å². The van der Waals surface area contributed by atoms with Gasteiger partial charge in [0.2, 0.25) is 5.91 Å². The topological polar surface area (TPSA) is 54.5 Å². The van der Waals surface area contributed by atoms with Crippen molar-refractivity contribution in [2.24, 2.45) is 0 Å². The fourth-order valence-electron chi connectivity index (χ4n) is 2.13. The SMILES string of the molecule is COc1ccc(Br)cc1CN(C)CC(=O)Nc1cccnc1Cl. The summed E-state index contributed by atoms with van der Waals surface area (Å²) >= 11 is 9.37. The molecule has 0 unspecified atom stereocenters. The molecule has 7 heteroatoms. The van der Waals surface area contributed by atoms with E-state index < -0.39 is 0 Å². The predicted octanol–water partition coefficient (Wildman–Crippen LogP) is 3.58. The molecule has 0 radical (unpaired) electrons. The molecule has 0 saturated heterocycles. The quantitative estimate of drug-likeness (QED) is 0.756. The van der Waals surface area contributed by atoms with Gasteiger partial charge in [0.05, 0.1) is 19.3 Å². The van der Waals surface area contributed by atoms with Crippen LogP contribution in [0.4, 0.5) is 5.69 Å². The number of amides is 1. The van der Waals surface area contributed by atoms with Crippen molar-refractivity contribution in [3.63, 3.8) is 0 Å². The fourth-order valence-corrected chi connectivity index (χ4v) is 2.71. The Balaban J connectivity index is 1.97. The van der Waals surface area contributed by atoms with Gasteiger partial charge in [-0.15, -0.1) is 0 Å². The summed E-state index contributed by atoms with van der Waals surface area (Å²) < 4.78 is 6.31. The third-order valence-corrected chi connectivity index (χ3v) is 3.92. The molecular weight excluding hydrogens is 382 g/mol. The number of benzene rings is 1. The van der Waals surface area contributed by atoms with Gasteiger partial charge in [-0.2, -0.15) is 0 Å². The molecule has 0 fully saturated rings. The van der Waals surface area contributed by atoms with Crippen LogP contribution in [-0.4, -0.2) is 36.5 Å². The highest BCUT2D eigenvalue weighted by Gasteiger charge is 2.12. The fraction of sp³-hybridized carbons (Fsp3) is 0.250. The van der Waals surface area contributed by atoms with E-state index in [4.69, 9.17) is 16.3 Å². The van der Waals surface area contributed by atoms with Crippen LogP contribution in [0.3, 0.4) is 0 Å². The normalized spacial score (nSPS) is 10.7. The van der Waals surface area contributed by atoms with Crippen molar-refractivity contribution in [3.8, 4) is 5.75 Å². The van der Waals surface area contributed by atoms with E-state index in [1.807, 2.05) is 30.1 Å². The molecule has 0 saturated carbocycles. The number of nitrogens with one attached hydrogen (secondary N) is 1. The highest BCUT2D eigenvalue weighted by molar-refractivity contribution is 9.10. The Morgan fingerprint density at radius 1 is 1.43 bits per heavy atom. The zero-order valence-electron chi connectivity index (χ0n) is 12.8. The van der Waals surface area contributed by atoms with Crippen molar-refractivity contribution >= 4 is 39.1 Å². The first-order valence-corrected chi connectivity index (χ1v) is 8.08. The monoisotopic (exact) mass is 397 g/mol. The second kappa shape index (κ2) is 8.29. The maximum absolute atomic E-state index is 12.1. The zero-order valence-corrected chi connectivity index (χ0v) is 15.2. The van der Waals surface area contributed by atoms with Crippen LogP contribution in [0.15, 0.2) is 41.0 Å². The van der Waals surface area contributed by atoms with Gasteiger partial charge in [-0.1, -0.05) is 27.5 Å². The molecule has 0 spiro atoms. The summed E-state index contributed by atoms with van der Waals surface area (Å²) in [7, 11) is 3.49. The summed E-state index contributed by atoms with van der Waals surface area (Å²) in [6.07, 6.45) is 1.57. The van der Waals surface area contributed by atoms with E-state index in [1.165, 1.54) is 0 Å². The maximum atomic E-state index is 12.1. The average molecular weight is 399 g/mol. The Labute approximate surface area is 148 Å². The number of hydrogen-bond acceptors (Lipinski definition) is 4. The number of nitrogens with zero attached hydrogens (tertiary/aromatic N) is 2. The Morgan fingerprint density at radius 3 is 2.91 bits per heavy atom. The van der Waals surface area contributed by atoms with E-state index >= 15 is 0 Å². The number of halogens is 2. The summed E-state index contributed by atoms with van der Waals surface area (Å²) in [5.41, 5.74) is 1.50. The van der Waals surface area contributed by atoms with Gasteiger partial charge in [0, 0.05) is 22.8 Å². The minimum atomic E-state index is -0.156. The molecule has 2 aromatic rings. The second-order valence-corrected chi connectivity index (χ2v) is 6.29. The van der Waals surface area contributed by atoms with Crippen LogP contribution in [0, 0.1) is 0 Å². The largest absolute Gasteiger partial charge is 0.496 e. The number of carbonyl (C=O) groups is 1. The molecule has 1 aromatic heterocycles. The van der Waals surface area contributed by atoms with E-state index in [9.17, 15) is 4.79 Å². The molecule has 0 atom stereocenters. The third kappa shape index (κ3) is 5.20. The summed E-state index contributed by atoms with van der Waals surface area (Å²) in [4.78, 5) is 17.9. The van der Waals surface area contributed by atoms with E-state index in [1.54, 1.807) is 25.4 Å². The van der Waals surface area contributed by atoms with Gasteiger partial charge in [0.1, 0.15) is 5.75 Å². The number of aromatic nitrogens is 1. The molecule has 2 rings (SSSR count). The lowest BCUT2D eigenvalue weighted by Gasteiger charge is -2.18. The smallest absolute Gasteiger partial charge is 0.238 e. The molecule has 0 aliphatic heterocycles. The Hall–Kier alpha value is -1.63. The third-order valence-electron chi connectivity index (χ3n) is 3.13. The van der Waals surface area contributed by atoms with E-state index in [-0.39, 0.29) is 17.6 Å². The lowest BCUT2D eigenvalue weighted by atomic mass is 10.2. The first kappa shape index (κ1) is 17.7. The van der Waals surface area contributed by atoms with Crippen molar-refractivity contribution in [1.82, 2.24) is 9.88 Å². The van der Waals surface area contributed by atoms with Crippen molar-refractivity contribution in [1.29, 1.82) is 0 Å². The first-order valence-electron chi connectivity index (χ1n) is 6.91. The number of hydrogen-bond donors (Lipinski definition) is 1. The van der Waals surface area contributed by atoms with Crippen LogP contribution in [-0.2, 0) is 11.3 Å². The van der Waals surface area contributed by atoms with Crippen LogP contribution in [0.2, 0.25) is 5.15 Å². The lowest BCUT2D eigenvalue weighted by Crippen LogP contribution is -2.30. The molecule has 1 heterocycles. The van der Waals surface area contributed by atoms with Crippen molar-refractivity contribution in [2.45, 2.75) is 6.54 Å². The Bertz CT molecular complexity index is 697. The Morgan fingerprint density at radius 2 is 2.22 bits per heavy atom. The summed E-state index contributed by atoms with van der Waals surface area (Å²) in [5, 5.41) is 3.03. The second-order valence-electron chi connectivity index (χ2n) is 5.02. The van der Waals surface area contributed by atoms with Crippen LogP contribution in [0.25, 0.3) is 0 Å². The van der Waals surface area contributed by atoms with Crippen molar-refractivity contribution in [3.05, 3.63) is 51.7 Å². The molecule has 1 amide bonds. The standard InChI is InChI=1S/C16H17BrClN3O2/c1-21(9-11-8-12(17)5-6-14(11)23-2)10-15(22)20-13-4-3-7-19-16(13)18/h3-8H,9-10H2,1-2H3,(H,20,22). The van der Waals surface area contributed by atoms with Gasteiger partial charge in [-0.25, -0.2) is 4.98 Å². The molecule has 0 bridgehead atoms. The van der Waals surface area contributed by atoms with Crippen LogP contribution in [0.5, 0.6) is 5.75 Å². The maximum Gasteiger partial charge on any atom is 0.238 e.